The number of likely N-dealkylation sites (N-methyl/N-ethyl adjacent to an activating group) is 1. The fourth-order valence-corrected chi connectivity index (χ4v) is 9.39. The van der Waals surface area contributed by atoms with Gasteiger partial charge in [0.1, 0.15) is 13.2 Å². The number of hydrogen-bond acceptors (Lipinski definition) is 7. The lowest BCUT2D eigenvalue weighted by Gasteiger charge is -2.25. The molecule has 0 fully saturated rings. The van der Waals surface area contributed by atoms with Crippen molar-refractivity contribution in [3.8, 4) is 0 Å². The van der Waals surface area contributed by atoms with Gasteiger partial charge < -0.3 is 28.5 Å². The van der Waals surface area contributed by atoms with Gasteiger partial charge in [0, 0.05) is 12.8 Å². The number of esters is 2. The van der Waals surface area contributed by atoms with Gasteiger partial charge in [0.2, 0.25) is 0 Å². The molecule has 0 aliphatic carbocycles. The van der Waals surface area contributed by atoms with Gasteiger partial charge in [0.15, 0.2) is 6.10 Å². The van der Waals surface area contributed by atoms with E-state index in [4.69, 9.17) is 18.9 Å². The second kappa shape index (κ2) is 57.7. The standard InChI is InChI=1S/C66H123NO8/c1-6-8-10-12-14-16-18-20-21-22-23-24-25-26-27-28-29-30-31-32-33-34-35-36-37-38-39-40-41-42-43-45-47-49-51-53-55-57-64(69)75-62(61-74-66(65(70)71)72-59-58-67(3,4)5)60-73-63(68)56-54-52-50-48-46-44-19-17-15-13-11-9-7-2/h17-20,22-23,62,66H,6-16,21,24-61H2,1-5H3/p+1/b19-17-,20-18-,23-22-. The summed E-state index contributed by atoms with van der Waals surface area (Å²) in [4.78, 5) is 37.4. The zero-order valence-electron chi connectivity index (χ0n) is 50.2. The molecule has 0 radical (unpaired) electrons. The quantitative estimate of drug-likeness (QED) is 0.0211. The molecule has 0 rings (SSSR count). The summed E-state index contributed by atoms with van der Waals surface area (Å²) in [6, 6.07) is 0. The Balaban J connectivity index is 3.95. The minimum Gasteiger partial charge on any atom is -0.477 e. The average molecular weight is 1060 g/mol. The number of hydrogen-bond donors (Lipinski definition) is 1. The van der Waals surface area contributed by atoms with E-state index in [2.05, 4.69) is 50.3 Å². The molecular weight excluding hydrogens is 935 g/mol. The van der Waals surface area contributed by atoms with Gasteiger partial charge in [0.05, 0.1) is 34.4 Å². The van der Waals surface area contributed by atoms with E-state index in [1.165, 1.54) is 218 Å². The number of rotatable bonds is 60. The second-order valence-corrected chi connectivity index (χ2v) is 23.1. The summed E-state index contributed by atoms with van der Waals surface area (Å²) in [5.41, 5.74) is 0. The topological polar surface area (TPSA) is 108 Å². The summed E-state index contributed by atoms with van der Waals surface area (Å²) >= 11 is 0. The van der Waals surface area contributed by atoms with Crippen LogP contribution in [0.15, 0.2) is 36.5 Å². The van der Waals surface area contributed by atoms with Gasteiger partial charge in [-0.3, -0.25) is 9.59 Å². The van der Waals surface area contributed by atoms with Crippen molar-refractivity contribution >= 4 is 17.9 Å². The van der Waals surface area contributed by atoms with Crippen LogP contribution < -0.4 is 0 Å². The molecule has 0 aliphatic rings. The summed E-state index contributed by atoms with van der Waals surface area (Å²) in [5.74, 6) is -2.00. The molecule has 0 aliphatic heterocycles. The summed E-state index contributed by atoms with van der Waals surface area (Å²) in [5, 5.41) is 9.70. The molecule has 440 valence electrons. The summed E-state index contributed by atoms with van der Waals surface area (Å²) in [6.45, 7) is 4.88. The fraction of sp³-hybridized carbons (Fsp3) is 0.864. The number of carboxylic acid groups (broad SMARTS) is 1. The number of aliphatic carboxylic acids is 1. The number of unbranched alkanes of at least 4 members (excludes halogenated alkanes) is 39. The van der Waals surface area contributed by atoms with Crippen molar-refractivity contribution in [1.82, 2.24) is 0 Å². The molecule has 0 spiro atoms. The van der Waals surface area contributed by atoms with Gasteiger partial charge in [-0.2, -0.15) is 0 Å². The molecule has 1 N–H and O–H groups in total. The van der Waals surface area contributed by atoms with Gasteiger partial charge in [-0.05, 0) is 70.6 Å². The normalized spacial score (nSPS) is 12.9. The van der Waals surface area contributed by atoms with Crippen LogP contribution in [0.4, 0.5) is 0 Å². The maximum Gasteiger partial charge on any atom is 0.361 e. The molecule has 0 amide bonds. The minimum atomic E-state index is -1.51. The van der Waals surface area contributed by atoms with E-state index in [9.17, 15) is 19.5 Å². The third-order valence-electron chi connectivity index (χ3n) is 14.4. The number of allylic oxidation sites excluding steroid dienone is 6. The summed E-state index contributed by atoms with van der Waals surface area (Å²) in [6.07, 6.45) is 68.4. The van der Waals surface area contributed by atoms with Crippen LogP contribution in [0.2, 0.25) is 0 Å². The third kappa shape index (κ3) is 59.0. The zero-order chi connectivity index (χ0) is 54.8. The lowest BCUT2D eigenvalue weighted by Crippen LogP contribution is -2.40. The maximum absolute atomic E-state index is 12.9. The van der Waals surface area contributed by atoms with Crippen LogP contribution in [0.5, 0.6) is 0 Å². The SMILES string of the molecule is CCCCCC/C=C\CCCCCCCC(=O)OCC(COC(OCC[N+](C)(C)C)C(=O)O)OC(=O)CCCCCCCCCCCCCCCCCCCCCCCCCCC/C=C\C/C=C\CCCCCCC. The van der Waals surface area contributed by atoms with E-state index in [0.717, 1.165) is 64.2 Å². The van der Waals surface area contributed by atoms with E-state index in [1.54, 1.807) is 0 Å². The van der Waals surface area contributed by atoms with Crippen LogP contribution in [-0.4, -0.2) is 87.4 Å². The first-order chi connectivity index (χ1) is 36.6. The van der Waals surface area contributed by atoms with Crippen molar-refractivity contribution in [2.75, 3.05) is 47.5 Å². The number of nitrogens with zero attached hydrogens (tertiary/aromatic N) is 1. The number of ether oxygens (including phenoxy) is 4. The van der Waals surface area contributed by atoms with E-state index in [0.29, 0.717) is 17.4 Å². The van der Waals surface area contributed by atoms with Gasteiger partial charge >= 0.3 is 17.9 Å². The van der Waals surface area contributed by atoms with Crippen LogP contribution in [0.3, 0.4) is 0 Å². The van der Waals surface area contributed by atoms with Crippen LogP contribution in [-0.2, 0) is 33.3 Å². The lowest BCUT2D eigenvalue weighted by molar-refractivity contribution is -0.870. The molecule has 9 heteroatoms. The van der Waals surface area contributed by atoms with Crippen LogP contribution >= 0.6 is 0 Å². The molecule has 75 heavy (non-hydrogen) atoms. The molecule has 0 aromatic rings. The van der Waals surface area contributed by atoms with Crippen molar-refractivity contribution in [2.45, 2.75) is 322 Å². The minimum absolute atomic E-state index is 0.182. The Hall–Kier alpha value is -2.49. The van der Waals surface area contributed by atoms with E-state index in [-0.39, 0.29) is 32.2 Å². The van der Waals surface area contributed by atoms with Crippen molar-refractivity contribution in [2.24, 2.45) is 0 Å². The first-order valence-electron chi connectivity index (χ1n) is 32.2. The van der Waals surface area contributed by atoms with Crippen LogP contribution in [0.1, 0.15) is 309 Å². The Morgan fingerprint density at radius 2 is 0.720 bits per heavy atom. The molecule has 0 aromatic heterocycles. The third-order valence-corrected chi connectivity index (χ3v) is 14.4. The number of carbonyl (C=O) groups excluding carboxylic acids is 2. The van der Waals surface area contributed by atoms with Crippen LogP contribution in [0, 0.1) is 0 Å². The first kappa shape index (κ1) is 72.5. The second-order valence-electron chi connectivity index (χ2n) is 23.1. The van der Waals surface area contributed by atoms with E-state index >= 15 is 0 Å². The fourth-order valence-electron chi connectivity index (χ4n) is 9.39. The first-order valence-corrected chi connectivity index (χ1v) is 32.2. The highest BCUT2D eigenvalue weighted by Gasteiger charge is 2.25. The van der Waals surface area contributed by atoms with Crippen molar-refractivity contribution in [3.63, 3.8) is 0 Å². The highest BCUT2D eigenvalue weighted by molar-refractivity contribution is 5.71. The summed E-state index contributed by atoms with van der Waals surface area (Å²) in [7, 11) is 5.97. The molecule has 9 nitrogen and oxygen atoms in total. The van der Waals surface area contributed by atoms with Gasteiger partial charge in [-0.15, -0.1) is 0 Å². The largest absolute Gasteiger partial charge is 0.477 e. The Kier molecular flexibility index (Phi) is 55.8. The monoisotopic (exact) mass is 1060 g/mol. The van der Waals surface area contributed by atoms with Gasteiger partial charge in [-0.1, -0.05) is 262 Å². The molecule has 2 unspecified atom stereocenters. The predicted molar refractivity (Wildman–Crippen MR) is 318 cm³/mol. The molecule has 0 bridgehead atoms. The van der Waals surface area contributed by atoms with E-state index in [1.807, 2.05) is 21.1 Å². The lowest BCUT2D eigenvalue weighted by atomic mass is 10.0. The smallest absolute Gasteiger partial charge is 0.361 e. The average Bonchev–Trinajstić information content (AvgIpc) is 3.38. The van der Waals surface area contributed by atoms with E-state index < -0.39 is 24.3 Å². The Morgan fingerprint density at radius 1 is 0.400 bits per heavy atom. The van der Waals surface area contributed by atoms with Crippen molar-refractivity contribution in [3.05, 3.63) is 36.5 Å². The number of quaternary nitrogens is 1. The maximum atomic E-state index is 12.9. The number of carboxylic acids is 1. The summed E-state index contributed by atoms with van der Waals surface area (Å²) < 4.78 is 22.9. The Morgan fingerprint density at radius 3 is 1.08 bits per heavy atom. The number of carbonyl (C=O) groups is 3. The van der Waals surface area contributed by atoms with Crippen LogP contribution in [0.25, 0.3) is 0 Å². The molecule has 0 heterocycles. The van der Waals surface area contributed by atoms with Crippen molar-refractivity contribution < 1.29 is 42.9 Å². The highest BCUT2D eigenvalue weighted by atomic mass is 16.7. The molecule has 2 atom stereocenters. The molecule has 0 saturated carbocycles. The Bertz CT molecular complexity index is 1320. The van der Waals surface area contributed by atoms with Gasteiger partial charge in [-0.25, -0.2) is 4.79 Å². The zero-order valence-corrected chi connectivity index (χ0v) is 50.2. The van der Waals surface area contributed by atoms with Crippen molar-refractivity contribution in [1.29, 1.82) is 0 Å². The Labute approximate surface area is 464 Å². The highest BCUT2D eigenvalue weighted by Crippen LogP contribution is 2.18. The van der Waals surface area contributed by atoms with Gasteiger partial charge in [0.25, 0.3) is 6.29 Å². The predicted octanol–water partition coefficient (Wildman–Crippen LogP) is 19.2. The molecule has 0 saturated heterocycles. The molecular formula is C66H124NO8+. The molecule has 0 aromatic carbocycles.